The number of hydrogen-bond donors (Lipinski definition) is 0. The molecule has 0 bridgehead atoms. The predicted molar refractivity (Wildman–Crippen MR) is 82.8 cm³/mol. The molecule has 1 atom stereocenters. The van der Waals surface area contributed by atoms with Crippen LogP contribution in [0, 0.1) is 20.8 Å². The normalized spacial score (nSPS) is 18.5. The Morgan fingerprint density at radius 1 is 1.33 bits per heavy atom. The van der Waals surface area contributed by atoms with E-state index in [0.29, 0.717) is 5.92 Å². The maximum absolute atomic E-state index is 12.6. The van der Waals surface area contributed by atoms with Crippen LogP contribution in [0.2, 0.25) is 0 Å². The minimum Gasteiger partial charge on any atom is -0.337 e. The fraction of sp³-hybridized carbons (Fsp3) is 0.533. The largest absolute Gasteiger partial charge is 0.337 e. The number of hydrogen-bond acceptors (Lipinski definition) is 4. The Bertz CT molecular complexity index is 688. The fourth-order valence-electron chi connectivity index (χ4n) is 3.04. The van der Waals surface area contributed by atoms with Gasteiger partial charge in [-0.15, -0.1) is 11.3 Å². The molecule has 0 saturated carbocycles. The van der Waals surface area contributed by atoms with Crippen molar-refractivity contribution in [2.75, 3.05) is 13.1 Å². The van der Waals surface area contributed by atoms with E-state index in [9.17, 15) is 4.79 Å². The standard InChI is InChI=1S/C15H20N4OS/c1-9-7-18(4)14(16-9)12-5-6-19(8-12)15(20)13-10(2)17-11(3)21-13/h7,12H,5-6,8H2,1-4H3/t12-/m0/s1. The molecule has 3 heterocycles. The highest BCUT2D eigenvalue weighted by molar-refractivity contribution is 7.13. The summed E-state index contributed by atoms with van der Waals surface area (Å²) in [6, 6.07) is 0. The molecular formula is C15H20N4OS. The lowest BCUT2D eigenvalue weighted by molar-refractivity contribution is 0.0794. The molecule has 0 radical (unpaired) electrons. The zero-order valence-electron chi connectivity index (χ0n) is 12.9. The summed E-state index contributed by atoms with van der Waals surface area (Å²) < 4.78 is 2.08. The zero-order chi connectivity index (χ0) is 15.1. The third-order valence-electron chi connectivity index (χ3n) is 3.97. The zero-order valence-corrected chi connectivity index (χ0v) is 13.7. The van der Waals surface area contributed by atoms with Gasteiger partial charge in [0, 0.05) is 32.3 Å². The Morgan fingerprint density at radius 2 is 2.10 bits per heavy atom. The van der Waals surface area contributed by atoms with Gasteiger partial charge in [-0.05, 0) is 27.2 Å². The first-order valence-electron chi connectivity index (χ1n) is 7.19. The van der Waals surface area contributed by atoms with E-state index in [2.05, 4.69) is 14.5 Å². The third kappa shape index (κ3) is 2.60. The molecule has 2 aromatic heterocycles. The average Bonchev–Trinajstić information content (AvgIpc) is 3.08. The van der Waals surface area contributed by atoms with E-state index >= 15 is 0 Å². The molecule has 6 heteroatoms. The number of amides is 1. The number of carbonyl (C=O) groups excluding carboxylic acids is 1. The van der Waals surface area contributed by atoms with Crippen molar-refractivity contribution in [3.05, 3.63) is 33.3 Å². The molecule has 0 spiro atoms. The van der Waals surface area contributed by atoms with Crippen molar-refractivity contribution in [3.8, 4) is 0 Å². The number of aryl methyl sites for hydroxylation is 4. The van der Waals surface area contributed by atoms with E-state index in [0.717, 1.165) is 46.6 Å². The van der Waals surface area contributed by atoms with Gasteiger partial charge in [-0.25, -0.2) is 9.97 Å². The smallest absolute Gasteiger partial charge is 0.265 e. The second-order valence-electron chi connectivity index (χ2n) is 5.74. The molecule has 2 aromatic rings. The third-order valence-corrected chi connectivity index (χ3v) is 5.03. The molecule has 1 aliphatic rings. The molecule has 112 valence electrons. The number of thiazole rings is 1. The average molecular weight is 304 g/mol. The van der Waals surface area contributed by atoms with Gasteiger partial charge in [0.05, 0.1) is 16.4 Å². The minimum absolute atomic E-state index is 0.117. The monoisotopic (exact) mass is 304 g/mol. The van der Waals surface area contributed by atoms with Crippen molar-refractivity contribution in [2.45, 2.75) is 33.1 Å². The summed E-state index contributed by atoms with van der Waals surface area (Å²) in [5.41, 5.74) is 1.88. The number of rotatable bonds is 2. The second-order valence-corrected chi connectivity index (χ2v) is 6.94. The molecule has 21 heavy (non-hydrogen) atoms. The maximum Gasteiger partial charge on any atom is 0.265 e. The lowest BCUT2D eigenvalue weighted by Crippen LogP contribution is -2.28. The quantitative estimate of drug-likeness (QED) is 0.856. The van der Waals surface area contributed by atoms with Crippen LogP contribution in [0.15, 0.2) is 6.20 Å². The fourth-order valence-corrected chi connectivity index (χ4v) is 3.93. The van der Waals surface area contributed by atoms with Crippen LogP contribution in [0.1, 0.15) is 44.2 Å². The Morgan fingerprint density at radius 3 is 2.67 bits per heavy atom. The van der Waals surface area contributed by atoms with Crippen LogP contribution in [-0.4, -0.2) is 38.4 Å². The lowest BCUT2D eigenvalue weighted by atomic mass is 10.1. The summed E-state index contributed by atoms with van der Waals surface area (Å²) in [5, 5.41) is 0.950. The first-order valence-corrected chi connectivity index (χ1v) is 8.00. The maximum atomic E-state index is 12.6. The van der Waals surface area contributed by atoms with Crippen molar-refractivity contribution in [3.63, 3.8) is 0 Å². The SMILES string of the molecule is Cc1cn(C)c([C@H]2CCN(C(=O)c3sc(C)nc3C)C2)n1. The highest BCUT2D eigenvalue weighted by atomic mass is 32.1. The van der Waals surface area contributed by atoms with E-state index < -0.39 is 0 Å². The number of imidazole rings is 1. The summed E-state index contributed by atoms with van der Waals surface area (Å²) in [6.45, 7) is 7.40. The van der Waals surface area contributed by atoms with Gasteiger partial charge in [0.1, 0.15) is 10.7 Å². The van der Waals surface area contributed by atoms with Gasteiger partial charge in [0.15, 0.2) is 0 Å². The summed E-state index contributed by atoms with van der Waals surface area (Å²) in [6.07, 6.45) is 3.02. The predicted octanol–water partition coefficient (Wildman–Crippen LogP) is 2.43. The number of nitrogens with zero attached hydrogens (tertiary/aromatic N) is 4. The van der Waals surface area contributed by atoms with Gasteiger partial charge in [-0.2, -0.15) is 0 Å². The van der Waals surface area contributed by atoms with Gasteiger partial charge < -0.3 is 9.47 Å². The van der Waals surface area contributed by atoms with Crippen LogP contribution in [0.4, 0.5) is 0 Å². The second kappa shape index (κ2) is 5.26. The van der Waals surface area contributed by atoms with Crippen molar-refractivity contribution in [1.82, 2.24) is 19.4 Å². The highest BCUT2D eigenvalue weighted by Gasteiger charge is 2.31. The van der Waals surface area contributed by atoms with Gasteiger partial charge >= 0.3 is 0 Å². The van der Waals surface area contributed by atoms with E-state index in [4.69, 9.17) is 0 Å². The molecule has 1 aliphatic heterocycles. The molecular weight excluding hydrogens is 284 g/mol. The molecule has 3 rings (SSSR count). The first kappa shape index (κ1) is 14.3. The molecule has 0 unspecified atom stereocenters. The number of aromatic nitrogens is 3. The Kier molecular flexibility index (Phi) is 3.57. The summed E-state index contributed by atoms with van der Waals surface area (Å²) >= 11 is 1.49. The van der Waals surface area contributed by atoms with Crippen molar-refractivity contribution < 1.29 is 4.79 Å². The van der Waals surface area contributed by atoms with Crippen LogP contribution >= 0.6 is 11.3 Å². The van der Waals surface area contributed by atoms with E-state index in [1.54, 1.807) is 0 Å². The molecule has 1 fully saturated rings. The van der Waals surface area contributed by atoms with Gasteiger partial charge in [-0.3, -0.25) is 4.79 Å². The molecule has 5 nitrogen and oxygen atoms in total. The molecule has 1 saturated heterocycles. The van der Waals surface area contributed by atoms with Gasteiger partial charge in [-0.1, -0.05) is 0 Å². The summed E-state index contributed by atoms with van der Waals surface area (Å²) in [5.74, 6) is 1.54. The Balaban J connectivity index is 1.76. The molecule has 0 aromatic carbocycles. The number of likely N-dealkylation sites (tertiary alicyclic amines) is 1. The first-order chi connectivity index (χ1) is 9.95. The van der Waals surface area contributed by atoms with Crippen LogP contribution in [0.5, 0.6) is 0 Å². The van der Waals surface area contributed by atoms with E-state index in [1.165, 1.54) is 11.3 Å². The molecule has 0 aliphatic carbocycles. The minimum atomic E-state index is 0.117. The van der Waals surface area contributed by atoms with E-state index in [-0.39, 0.29) is 5.91 Å². The van der Waals surface area contributed by atoms with Crippen molar-refractivity contribution in [2.24, 2.45) is 7.05 Å². The van der Waals surface area contributed by atoms with Crippen LogP contribution in [-0.2, 0) is 7.05 Å². The van der Waals surface area contributed by atoms with Crippen molar-refractivity contribution in [1.29, 1.82) is 0 Å². The topological polar surface area (TPSA) is 51.0 Å². The van der Waals surface area contributed by atoms with Gasteiger partial charge in [0.25, 0.3) is 5.91 Å². The lowest BCUT2D eigenvalue weighted by Gasteiger charge is -2.15. The molecule has 0 N–H and O–H groups in total. The Hall–Kier alpha value is -1.69. The van der Waals surface area contributed by atoms with Crippen LogP contribution < -0.4 is 0 Å². The van der Waals surface area contributed by atoms with Crippen LogP contribution in [0.25, 0.3) is 0 Å². The molecule has 1 amide bonds. The number of carbonyl (C=O) groups is 1. The van der Waals surface area contributed by atoms with Gasteiger partial charge in [0.2, 0.25) is 0 Å². The Labute approximate surface area is 128 Å². The van der Waals surface area contributed by atoms with Crippen molar-refractivity contribution >= 4 is 17.2 Å². The van der Waals surface area contributed by atoms with E-state index in [1.807, 2.05) is 38.9 Å². The van der Waals surface area contributed by atoms with Crippen LogP contribution in [0.3, 0.4) is 0 Å². The summed E-state index contributed by atoms with van der Waals surface area (Å²) in [7, 11) is 2.02. The highest BCUT2D eigenvalue weighted by Crippen LogP contribution is 2.29. The summed E-state index contributed by atoms with van der Waals surface area (Å²) in [4.78, 5) is 24.3.